The van der Waals surface area contributed by atoms with Crippen molar-refractivity contribution in [3.63, 3.8) is 0 Å². The quantitative estimate of drug-likeness (QED) is 0.196. The van der Waals surface area contributed by atoms with Gasteiger partial charge in [-0.25, -0.2) is 4.98 Å². The van der Waals surface area contributed by atoms with Gasteiger partial charge in [0.05, 0.1) is 22.1 Å². The number of hydrogen-bond acceptors (Lipinski definition) is 2. The smallest absolute Gasteiger partial charge is 0.174 e. The van der Waals surface area contributed by atoms with Crippen LogP contribution in [0.5, 0.6) is 0 Å². The van der Waals surface area contributed by atoms with E-state index in [0.29, 0.717) is 0 Å². The summed E-state index contributed by atoms with van der Waals surface area (Å²) in [5.74, 6) is 0.953. The summed E-state index contributed by atoms with van der Waals surface area (Å²) in [4.78, 5) is 4.99. The van der Waals surface area contributed by atoms with Crippen LogP contribution in [0.15, 0.2) is 163 Å². The maximum absolute atomic E-state index is 4.99. The second-order valence-electron chi connectivity index (χ2n) is 10.8. The Balaban J connectivity index is 1.35. The number of aromatic nitrogens is 2. The Morgan fingerprint density at radius 1 is 0.524 bits per heavy atom. The van der Waals surface area contributed by atoms with Gasteiger partial charge in [-0.1, -0.05) is 145 Å². The van der Waals surface area contributed by atoms with Crippen LogP contribution in [0.3, 0.4) is 0 Å². The van der Waals surface area contributed by atoms with Gasteiger partial charge in [0.25, 0.3) is 0 Å². The Bertz CT molecular complexity index is 1930. The number of nitrogens with zero attached hydrogens (tertiary/aromatic N) is 2. The molecule has 0 amide bonds. The normalized spacial score (nSPS) is 12.6. The van der Waals surface area contributed by atoms with Crippen molar-refractivity contribution in [2.75, 3.05) is 0 Å². The highest BCUT2D eigenvalue weighted by molar-refractivity contribution is 7.98. The first kappa shape index (κ1) is 24.9. The molecule has 42 heavy (non-hydrogen) atoms. The third-order valence-corrected chi connectivity index (χ3v) is 9.45. The molecular weight excluding hydrogens is 529 g/mol. The van der Waals surface area contributed by atoms with Gasteiger partial charge < -0.3 is 0 Å². The molecule has 1 aliphatic rings. The van der Waals surface area contributed by atoms with E-state index in [-0.39, 0.29) is 0 Å². The van der Waals surface area contributed by atoms with E-state index < -0.39 is 5.41 Å². The van der Waals surface area contributed by atoms with E-state index in [1.807, 2.05) is 11.8 Å². The summed E-state index contributed by atoms with van der Waals surface area (Å²) in [5, 5.41) is 1.06. The van der Waals surface area contributed by atoms with Crippen LogP contribution in [-0.2, 0) is 11.2 Å². The largest absolute Gasteiger partial charge is 0.287 e. The molecule has 0 fully saturated rings. The van der Waals surface area contributed by atoms with Crippen molar-refractivity contribution in [3.8, 4) is 16.8 Å². The molecule has 0 saturated carbocycles. The number of thioether (sulfide) groups is 1. The van der Waals surface area contributed by atoms with E-state index in [4.69, 9.17) is 4.98 Å². The highest BCUT2D eigenvalue weighted by atomic mass is 32.2. The number of hydrogen-bond donors (Lipinski definition) is 0. The summed E-state index contributed by atoms with van der Waals surface area (Å²) in [7, 11) is 0. The van der Waals surface area contributed by atoms with E-state index in [9.17, 15) is 0 Å². The summed E-state index contributed by atoms with van der Waals surface area (Å²) in [5.41, 5.74) is 11.6. The first-order valence-electron chi connectivity index (χ1n) is 14.3. The number of para-hydroxylation sites is 1. The van der Waals surface area contributed by atoms with Crippen LogP contribution < -0.4 is 0 Å². The van der Waals surface area contributed by atoms with E-state index in [1.54, 1.807) is 0 Å². The molecule has 0 saturated heterocycles. The Morgan fingerprint density at radius 2 is 1.10 bits per heavy atom. The molecule has 0 aliphatic carbocycles. The van der Waals surface area contributed by atoms with Crippen molar-refractivity contribution < 1.29 is 0 Å². The molecule has 8 rings (SSSR count). The van der Waals surface area contributed by atoms with Crippen LogP contribution in [0, 0.1) is 0 Å². The minimum atomic E-state index is -0.477. The number of imidazole rings is 1. The summed E-state index contributed by atoms with van der Waals surface area (Å²) in [6.07, 6.45) is 0. The van der Waals surface area contributed by atoms with Gasteiger partial charge in [0.15, 0.2) is 5.16 Å². The average Bonchev–Trinajstić information content (AvgIpc) is 3.45. The van der Waals surface area contributed by atoms with Crippen molar-refractivity contribution in [1.82, 2.24) is 9.55 Å². The van der Waals surface area contributed by atoms with Crippen molar-refractivity contribution in [3.05, 3.63) is 186 Å². The van der Waals surface area contributed by atoms with Crippen molar-refractivity contribution >= 4 is 22.8 Å². The molecule has 0 N–H and O–H groups in total. The van der Waals surface area contributed by atoms with Crippen LogP contribution >= 0.6 is 11.8 Å². The van der Waals surface area contributed by atoms with E-state index in [0.717, 1.165) is 21.9 Å². The molecule has 2 heterocycles. The first-order chi connectivity index (χ1) is 20.8. The van der Waals surface area contributed by atoms with Gasteiger partial charge >= 0.3 is 0 Å². The molecule has 200 valence electrons. The molecule has 0 unspecified atom stereocenters. The second kappa shape index (κ2) is 10.2. The van der Waals surface area contributed by atoms with Crippen LogP contribution in [0.4, 0.5) is 0 Å². The fraction of sp³-hybridized carbons (Fsp3) is 0.0513. The van der Waals surface area contributed by atoms with Gasteiger partial charge in [-0.2, -0.15) is 0 Å². The number of rotatable bonds is 5. The Kier molecular flexibility index (Phi) is 6.05. The molecule has 2 nitrogen and oxygen atoms in total. The first-order valence-corrected chi connectivity index (χ1v) is 15.3. The predicted octanol–water partition coefficient (Wildman–Crippen LogP) is 9.68. The van der Waals surface area contributed by atoms with E-state index >= 15 is 0 Å². The maximum Gasteiger partial charge on any atom is 0.174 e. The van der Waals surface area contributed by atoms with Crippen LogP contribution in [0.2, 0.25) is 0 Å². The molecule has 0 atom stereocenters. The lowest BCUT2D eigenvalue weighted by atomic mass is 9.65. The van der Waals surface area contributed by atoms with E-state index in [2.05, 4.69) is 162 Å². The molecule has 0 spiro atoms. The second-order valence-corrected chi connectivity index (χ2v) is 11.7. The molecule has 0 bridgehead atoms. The maximum atomic E-state index is 4.99. The van der Waals surface area contributed by atoms with Gasteiger partial charge in [-0.05, 0) is 63.2 Å². The zero-order chi connectivity index (χ0) is 27.9. The van der Waals surface area contributed by atoms with Crippen LogP contribution in [-0.4, -0.2) is 9.55 Å². The van der Waals surface area contributed by atoms with Crippen molar-refractivity contribution in [1.29, 1.82) is 0 Å². The molecule has 1 aliphatic heterocycles. The van der Waals surface area contributed by atoms with Crippen LogP contribution in [0.1, 0.15) is 27.8 Å². The van der Waals surface area contributed by atoms with Crippen LogP contribution in [0.25, 0.3) is 27.8 Å². The zero-order valence-corrected chi connectivity index (χ0v) is 23.8. The fourth-order valence-electron chi connectivity index (χ4n) is 6.55. The number of fused-ring (bicyclic) bond motifs is 5. The third kappa shape index (κ3) is 3.93. The third-order valence-electron chi connectivity index (χ3n) is 8.46. The lowest BCUT2D eigenvalue weighted by molar-refractivity contribution is 0.745. The lowest BCUT2D eigenvalue weighted by Crippen LogP contribution is -2.31. The summed E-state index contributed by atoms with van der Waals surface area (Å²) in [6, 6.07) is 57.2. The Hall–Kier alpha value is -4.86. The van der Waals surface area contributed by atoms with Crippen molar-refractivity contribution in [2.24, 2.45) is 0 Å². The minimum absolute atomic E-state index is 0.477. The van der Waals surface area contributed by atoms with E-state index in [1.165, 1.54) is 44.6 Å². The zero-order valence-electron chi connectivity index (χ0n) is 23.0. The van der Waals surface area contributed by atoms with Gasteiger partial charge in [0.1, 0.15) is 0 Å². The molecule has 6 aromatic carbocycles. The molecule has 7 aromatic rings. The molecule has 1 aromatic heterocycles. The molecule has 3 heteroatoms. The summed E-state index contributed by atoms with van der Waals surface area (Å²) >= 11 is 1.81. The monoisotopic (exact) mass is 556 g/mol. The summed E-state index contributed by atoms with van der Waals surface area (Å²) in [6.45, 7) is 0. The fourth-order valence-corrected chi connectivity index (χ4v) is 7.57. The summed E-state index contributed by atoms with van der Waals surface area (Å²) < 4.78 is 2.33. The standard InChI is InChI=1S/C39H28N2S/c1-4-15-31(16-5-1)39(32-17-6-2-7-18-32,33-19-8-3-9-20-33)34-21-12-14-28(25-34)29-23-24-35-37(26-29)41-36-22-11-10-13-30(36)27-42-38(41)40-35/h1-26H,27H2. The van der Waals surface area contributed by atoms with Gasteiger partial charge in [-0.3, -0.25) is 4.57 Å². The highest BCUT2D eigenvalue weighted by Gasteiger charge is 2.38. The van der Waals surface area contributed by atoms with Gasteiger partial charge in [0, 0.05) is 5.75 Å². The number of benzene rings is 6. The van der Waals surface area contributed by atoms with Gasteiger partial charge in [0.2, 0.25) is 0 Å². The molecular formula is C39H28N2S. The lowest BCUT2D eigenvalue weighted by Gasteiger charge is -2.37. The Labute approximate surface area is 250 Å². The SMILES string of the molecule is c1ccc(C(c2ccccc2)(c2ccccc2)c2cccc(-c3ccc4nc5n(c4c3)-c3ccccc3CS5)c2)cc1. The Morgan fingerprint density at radius 3 is 1.76 bits per heavy atom. The average molecular weight is 557 g/mol. The highest BCUT2D eigenvalue weighted by Crippen LogP contribution is 2.46. The predicted molar refractivity (Wildman–Crippen MR) is 174 cm³/mol. The minimum Gasteiger partial charge on any atom is -0.287 e. The molecule has 0 radical (unpaired) electrons. The van der Waals surface area contributed by atoms with Gasteiger partial charge in [-0.15, -0.1) is 0 Å². The van der Waals surface area contributed by atoms with Crippen molar-refractivity contribution in [2.45, 2.75) is 16.3 Å². The topological polar surface area (TPSA) is 17.8 Å².